The molecule has 27 heavy (non-hydrogen) atoms. The van der Waals surface area contributed by atoms with E-state index < -0.39 is 12.3 Å². The van der Waals surface area contributed by atoms with Crippen molar-refractivity contribution in [2.24, 2.45) is 0 Å². The SMILES string of the molecule is CCCCCCC(C)OC(O)c1ccc(OC(=O)c2ccc(C)cc2)cc1. The molecule has 0 aliphatic heterocycles. The van der Waals surface area contributed by atoms with Gasteiger partial charge in [0.25, 0.3) is 0 Å². The minimum absolute atomic E-state index is 0.00380. The molecule has 0 bridgehead atoms. The van der Waals surface area contributed by atoms with E-state index >= 15 is 0 Å². The Morgan fingerprint density at radius 2 is 1.67 bits per heavy atom. The highest BCUT2D eigenvalue weighted by molar-refractivity contribution is 5.91. The first-order valence-corrected chi connectivity index (χ1v) is 9.72. The fraction of sp³-hybridized carbons (Fsp3) is 0.435. The molecule has 0 saturated heterocycles. The van der Waals surface area contributed by atoms with Crippen LogP contribution in [0, 0.1) is 6.92 Å². The van der Waals surface area contributed by atoms with Crippen molar-refractivity contribution in [3.8, 4) is 5.75 Å². The third-order valence-corrected chi connectivity index (χ3v) is 4.49. The summed E-state index contributed by atoms with van der Waals surface area (Å²) in [4.78, 5) is 12.1. The van der Waals surface area contributed by atoms with E-state index in [1.54, 1.807) is 36.4 Å². The average molecular weight is 370 g/mol. The number of hydrogen-bond acceptors (Lipinski definition) is 4. The molecule has 0 amide bonds. The van der Waals surface area contributed by atoms with Gasteiger partial charge >= 0.3 is 5.97 Å². The van der Waals surface area contributed by atoms with Crippen molar-refractivity contribution < 1.29 is 19.4 Å². The minimum Gasteiger partial charge on any atom is -0.423 e. The number of esters is 1. The molecule has 0 spiro atoms. The number of aliphatic hydroxyl groups excluding tert-OH is 1. The number of carbonyl (C=O) groups excluding carboxylic acids is 1. The Kier molecular flexibility index (Phi) is 8.49. The highest BCUT2D eigenvalue weighted by atomic mass is 16.6. The van der Waals surface area contributed by atoms with Crippen LogP contribution in [0.3, 0.4) is 0 Å². The molecule has 1 N–H and O–H groups in total. The van der Waals surface area contributed by atoms with Crippen molar-refractivity contribution in [1.82, 2.24) is 0 Å². The summed E-state index contributed by atoms with van der Waals surface area (Å²) in [7, 11) is 0. The van der Waals surface area contributed by atoms with Crippen LogP contribution in [-0.2, 0) is 4.74 Å². The normalized spacial score (nSPS) is 13.2. The van der Waals surface area contributed by atoms with Crippen molar-refractivity contribution >= 4 is 5.97 Å². The van der Waals surface area contributed by atoms with Crippen LogP contribution in [0.5, 0.6) is 5.75 Å². The minimum atomic E-state index is -0.979. The molecule has 4 nitrogen and oxygen atoms in total. The van der Waals surface area contributed by atoms with E-state index in [1.807, 2.05) is 26.0 Å². The van der Waals surface area contributed by atoms with Crippen LogP contribution in [0.15, 0.2) is 48.5 Å². The summed E-state index contributed by atoms with van der Waals surface area (Å²) < 4.78 is 11.0. The van der Waals surface area contributed by atoms with Crippen LogP contribution < -0.4 is 4.74 Å². The van der Waals surface area contributed by atoms with Crippen molar-refractivity contribution in [3.05, 3.63) is 65.2 Å². The van der Waals surface area contributed by atoms with E-state index in [9.17, 15) is 9.90 Å². The largest absolute Gasteiger partial charge is 0.423 e. The number of unbranched alkanes of at least 4 members (excludes halogenated alkanes) is 3. The maximum Gasteiger partial charge on any atom is 0.343 e. The monoisotopic (exact) mass is 370 g/mol. The molecule has 0 radical (unpaired) electrons. The fourth-order valence-corrected chi connectivity index (χ4v) is 2.78. The van der Waals surface area contributed by atoms with Gasteiger partial charge in [0.15, 0.2) is 6.29 Å². The lowest BCUT2D eigenvalue weighted by molar-refractivity contribution is -0.136. The van der Waals surface area contributed by atoms with Crippen LogP contribution in [0.4, 0.5) is 0 Å². The van der Waals surface area contributed by atoms with Gasteiger partial charge in [-0.25, -0.2) is 4.79 Å². The van der Waals surface area contributed by atoms with Gasteiger partial charge < -0.3 is 14.6 Å². The standard InChI is InChI=1S/C23H30O4/c1-4-5-6-7-8-18(3)26-22(24)20-13-15-21(16-14-20)27-23(25)19-11-9-17(2)10-12-19/h9-16,18,22,24H,4-8H2,1-3H3. The lowest BCUT2D eigenvalue weighted by Crippen LogP contribution is -2.13. The highest BCUT2D eigenvalue weighted by Crippen LogP contribution is 2.22. The molecular weight excluding hydrogens is 340 g/mol. The molecule has 146 valence electrons. The fourth-order valence-electron chi connectivity index (χ4n) is 2.78. The molecule has 0 saturated carbocycles. The van der Waals surface area contributed by atoms with E-state index in [1.165, 1.54) is 19.3 Å². The van der Waals surface area contributed by atoms with Gasteiger partial charge in [0.05, 0.1) is 11.7 Å². The number of ether oxygens (including phenoxy) is 2. The summed E-state index contributed by atoms with van der Waals surface area (Å²) in [6.45, 7) is 6.13. The number of hydrogen-bond donors (Lipinski definition) is 1. The van der Waals surface area contributed by atoms with Gasteiger partial charge in [0.2, 0.25) is 0 Å². The zero-order valence-corrected chi connectivity index (χ0v) is 16.5. The Morgan fingerprint density at radius 3 is 2.30 bits per heavy atom. The average Bonchev–Trinajstić information content (AvgIpc) is 2.66. The molecule has 0 aliphatic carbocycles. The second-order valence-electron chi connectivity index (χ2n) is 6.97. The van der Waals surface area contributed by atoms with E-state index in [4.69, 9.17) is 9.47 Å². The number of rotatable bonds is 10. The van der Waals surface area contributed by atoms with Crippen LogP contribution in [-0.4, -0.2) is 17.2 Å². The Labute approximate surface area is 162 Å². The summed E-state index contributed by atoms with van der Waals surface area (Å²) in [5, 5.41) is 10.2. The Bertz CT molecular complexity index is 691. The number of carbonyl (C=O) groups is 1. The first-order chi connectivity index (χ1) is 13.0. The smallest absolute Gasteiger partial charge is 0.343 e. The number of benzene rings is 2. The van der Waals surface area contributed by atoms with Gasteiger partial charge in [0.1, 0.15) is 5.75 Å². The van der Waals surface area contributed by atoms with E-state index in [0.29, 0.717) is 16.9 Å². The van der Waals surface area contributed by atoms with Crippen LogP contribution in [0.25, 0.3) is 0 Å². The summed E-state index contributed by atoms with van der Waals surface area (Å²) in [5.41, 5.74) is 2.24. The Hall–Kier alpha value is -2.17. The van der Waals surface area contributed by atoms with E-state index in [2.05, 4.69) is 6.92 Å². The van der Waals surface area contributed by atoms with Gasteiger partial charge in [-0.15, -0.1) is 0 Å². The molecule has 4 heteroatoms. The summed E-state index contributed by atoms with van der Waals surface area (Å²) in [5.74, 6) is 0.0318. The van der Waals surface area contributed by atoms with E-state index in [-0.39, 0.29) is 6.10 Å². The van der Waals surface area contributed by atoms with Crippen molar-refractivity contribution in [2.75, 3.05) is 0 Å². The summed E-state index contributed by atoms with van der Waals surface area (Å²) in [6.07, 6.45) is 4.70. The van der Waals surface area contributed by atoms with Gasteiger partial charge in [-0.05, 0) is 44.5 Å². The summed E-state index contributed by atoms with van der Waals surface area (Å²) in [6, 6.07) is 14.0. The molecular formula is C23H30O4. The highest BCUT2D eigenvalue weighted by Gasteiger charge is 2.13. The van der Waals surface area contributed by atoms with Crippen LogP contribution in [0.1, 0.15) is 73.7 Å². The Balaban J connectivity index is 1.84. The van der Waals surface area contributed by atoms with Crippen LogP contribution >= 0.6 is 0 Å². The van der Waals surface area contributed by atoms with Gasteiger partial charge in [-0.1, -0.05) is 62.4 Å². The van der Waals surface area contributed by atoms with Crippen molar-refractivity contribution in [3.63, 3.8) is 0 Å². The van der Waals surface area contributed by atoms with Crippen molar-refractivity contribution in [1.29, 1.82) is 0 Å². The molecule has 2 aromatic rings. The van der Waals surface area contributed by atoms with Crippen LogP contribution in [0.2, 0.25) is 0 Å². The predicted octanol–water partition coefficient (Wildman–Crippen LogP) is 5.58. The third kappa shape index (κ3) is 7.16. The maximum atomic E-state index is 12.1. The second kappa shape index (κ2) is 10.9. The molecule has 0 fully saturated rings. The summed E-state index contributed by atoms with van der Waals surface area (Å²) >= 11 is 0. The molecule has 2 atom stereocenters. The quantitative estimate of drug-likeness (QED) is 0.257. The Morgan fingerprint density at radius 1 is 1.00 bits per heavy atom. The molecule has 0 aromatic heterocycles. The molecule has 0 aliphatic rings. The van der Waals surface area contributed by atoms with E-state index in [0.717, 1.165) is 18.4 Å². The predicted molar refractivity (Wildman–Crippen MR) is 107 cm³/mol. The zero-order valence-electron chi connectivity index (χ0n) is 16.5. The molecule has 2 aromatic carbocycles. The van der Waals surface area contributed by atoms with Crippen molar-refractivity contribution in [2.45, 2.75) is 65.3 Å². The topological polar surface area (TPSA) is 55.8 Å². The first kappa shape index (κ1) is 21.1. The molecule has 2 unspecified atom stereocenters. The lowest BCUT2D eigenvalue weighted by Gasteiger charge is -2.18. The third-order valence-electron chi connectivity index (χ3n) is 4.49. The van der Waals surface area contributed by atoms with Gasteiger partial charge in [-0.2, -0.15) is 0 Å². The first-order valence-electron chi connectivity index (χ1n) is 9.72. The molecule has 0 heterocycles. The zero-order chi connectivity index (χ0) is 19.6. The number of aliphatic hydroxyl groups is 1. The van der Waals surface area contributed by atoms with Gasteiger partial charge in [0, 0.05) is 5.56 Å². The molecule has 2 rings (SSSR count). The number of aryl methyl sites for hydroxylation is 1. The maximum absolute atomic E-state index is 12.1. The lowest BCUT2D eigenvalue weighted by atomic mass is 10.1. The second-order valence-corrected chi connectivity index (χ2v) is 6.97. The van der Waals surface area contributed by atoms with Gasteiger partial charge in [-0.3, -0.25) is 0 Å².